The van der Waals surface area contributed by atoms with Crippen LogP contribution in [0.5, 0.6) is 0 Å². The van der Waals surface area contributed by atoms with Crippen LogP contribution in [-0.2, 0) is 19.2 Å². The average Bonchev–Trinajstić information content (AvgIpc) is 3.14. The van der Waals surface area contributed by atoms with Crippen LogP contribution in [0.1, 0.15) is 44.0 Å². The van der Waals surface area contributed by atoms with E-state index in [2.05, 4.69) is 5.32 Å². The molecule has 0 radical (unpaired) electrons. The normalized spacial score (nSPS) is 16.8. The summed E-state index contributed by atoms with van der Waals surface area (Å²) in [7, 11) is 0. The Hall–Kier alpha value is -2.94. The number of allylic oxidation sites excluding steroid dienone is 1. The molecule has 1 fully saturated rings. The number of anilines is 1. The number of carbonyl (C=O) groups excluding carboxylic acids is 4. The zero-order valence-corrected chi connectivity index (χ0v) is 17.2. The molecule has 0 saturated carbocycles. The van der Waals surface area contributed by atoms with Gasteiger partial charge in [0.2, 0.25) is 5.91 Å². The lowest BCUT2D eigenvalue weighted by Crippen LogP contribution is -2.41. The molecular weight excluding hydrogens is 396 g/mol. The quantitative estimate of drug-likeness (QED) is 0.538. The molecule has 1 saturated heterocycles. The maximum absolute atomic E-state index is 13.0. The van der Waals surface area contributed by atoms with Gasteiger partial charge in [-0.1, -0.05) is 0 Å². The first-order valence-electron chi connectivity index (χ1n) is 8.97. The summed E-state index contributed by atoms with van der Waals surface area (Å²) in [6.45, 7) is 4.34. The molecule has 1 heterocycles. The van der Waals surface area contributed by atoms with Gasteiger partial charge in [0, 0.05) is 37.2 Å². The molecule has 0 unspecified atom stereocenters. The van der Waals surface area contributed by atoms with E-state index in [1.165, 1.54) is 37.8 Å². The van der Waals surface area contributed by atoms with E-state index in [1.807, 2.05) is 0 Å². The Balaban J connectivity index is 2.36. The van der Waals surface area contributed by atoms with Crippen molar-refractivity contribution in [1.82, 2.24) is 4.90 Å². The predicted molar refractivity (Wildman–Crippen MR) is 108 cm³/mol. The highest BCUT2D eigenvalue weighted by Gasteiger charge is 2.36. The van der Waals surface area contributed by atoms with Crippen molar-refractivity contribution in [2.75, 3.05) is 11.9 Å². The number of rotatable bonds is 6. The lowest BCUT2D eigenvalue weighted by atomic mass is 10.0. The SMILES string of the molecule is CC(=O)Nc1ccc(C(=O)/C(C)=C(/SC(C)=O)C(=O)N2CCC[C@H]2C(=O)O)cc1. The molecule has 8 nitrogen and oxygen atoms in total. The van der Waals surface area contributed by atoms with E-state index in [0.29, 0.717) is 30.3 Å². The van der Waals surface area contributed by atoms with Crippen molar-refractivity contribution >= 4 is 46.1 Å². The molecule has 0 aliphatic carbocycles. The summed E-state index contributed by atoms with van der Waals surface area (Å²) in [6.07, 6.45) is 0.870. The van der Waals surface area contributed by atoms with Gasteiger partial charge in [0.1, 0.15) is 6.04 Å². The van der Waals surface area contributed by atoms with Crippen LogP contribution in [0.25, 0.3) is 0 Å². The second-order valence-electron chi connectivity index (χ2n) is 6.63. The number of benzene rings is 1. The molecule has 0 aromatic heterocycles. The van der Waals surface area contributed by atoms with Gasteiger partial charge in [-0.15, -0.1) is 0 Å². The molecule has 1 aromatic carbocycles. The van der Waals surface area contributed by atoms with Crippen molar-refractivity contribution in [1.29, 1.82) is 0 Å². The second kappa shape index (κ2) is 9.51. The predicted octanol–water partition coefficient (Wildman–Crippen LogP) is 2.46. The van der Waals surface area contributed by atoms with Gasteiger partial charge >= 0.3 is 5.97 Å². The Morgan fingerprint density at radius 2 is 1.69 bits per heavy atom. The number of aliphatic carboxylic acids is 1. The fourth-order valence-electron chi connectivity index (χ4n) is 3.05. The summed E-state index contributed by atoms with van der Waals surface area (Å²) in [6, 6.07) is 5.16. The topological polar surface area (TPSA) is 121 Å². The number of hydrogen-bond acceptors (Lipinski definition) is 6. The van der Waals surface area contributed by atoms with Gasteiger partial charge in [0.15, 0.2) is 10.9 Å². The molecule has 1 aliphatic rings. The van der Waals surface area contributed by atoms with Gasteiger partial charge in [-0.25, -0.2) is 4.79 Å². The number of Topliss-reactive ketones (excluding diaryl/α,β-unsaturated/α-hetero) is 1. The number of nitrogens with one attached hydrogen (secondary N) is 1. The van der Waals surface area contributed by atoms with Crippen molar-refractivity contribution in [3.63, 3.8) is 0 Å². The Morgan fingerprint density at radius 3 is 2.21 bits per heavy atom. The largest absolute Gasteiger partial charge is 0.480 e. The van der Waals surface area contributed by atoms with E-state index in [-0.39, 0.29) is 33.6 Å². The summed E-state index contributed by atoms with van der Waals surface area (Å²) >= 11 is 0.630. The van der Waals surface area contributed by atoms with Gasteiger partial charge in [-0.2, -0.15) is 0 Å². The first-order chi connectivity index (χ1) is 13.6. The minimum Gasteiger partial charge on any atom is -0.480 e. The van der Waals surface area contributed by atoms with Crippen molar-refractivity contribution in [3.8, 4) is 0 Å². The third kappa shape index (κ3) is 5.54. The Bertz CT molecular complexity index is 891. The smallest absolute Gasteiger partial charge is 0.326 e. The summed E-state index contributed by atoms with van der Waals surface area (Å²) in [5, 5.41) is 11.5. The fourth-order valence-corrected chi connectivity index (χ4v) is 3.79. The van der Waals surface area contributed by atoms with E-state index in [1.54, 1.807) is 12.1 Å². The summed E-state index contributed by atoms with van der Waals surface area (Å²) in [5.41, 5.74) is 0.868. The molecule has 2 rings (SSSR count). The molecular formula is C20H22N2O6S. The summed E-state index contributed by atoms with van der Waals surface area (Å²) < 4.78 is 0. The van der Waals surface area contributed by atoms with Crippen molar-refractivity contribution in [2.24, 2.45) is 0 Å². The highest BCUT2D eigenvalue weighted by Crippen LogP contribution is 2.29. The van der Waals surface area contributed by atoms with E-state index in [0.717, 1.165) is 0 Å². The molecule has 154 valence electrons. The van der Waals surface area contributed by atoms with Crippen LogP contribution in [0.2, 0.25) is 0 Å². The highest BCUT2D eigenvalue weighted by atomic mass is 32.2. The van der Waals surface area contributed by atoms with Gasteiger partial charge in [0.05, 0.1) is 4.91 Å². The van der Waals surface area contributed by atoms with Crippen LogP contribution >= 0.6 is 11.8 Å². The minimum absolute atomic E-state index is 0.0680. The minimum atomic E-state index is -1.11. The number of thioether (sulfide) groups is 1. The summed E-state index contributed by atoms with van der Waals surface area (Å²) in [5.74, 6) is -2.44. The number of ketones is 1. The molecule has 1 atom stereocenters. The number of carboxylic acids is 1. The number of likely N-dealkylation sites (tertiary alicyclic amines) is 1. The molecule has 1 aromatic rings. The van der Waals surface area contributed by atoms with Gasteiger partial charge in [0.25, 0.3) is 5.91 Å². The highest BCUT2D eigenvalue weighted by molar-refractivity contribution is 8.17. The van der Waals surface area contributed by atoms with E-state index < -0.39 is 23.7 Å². The average molecular weight is 418 g/mol. The Kier molecular flexibility index (Phi) is 7.33. The molecule has 0 spiro atoms. The number of carbonyl (C=O) groups is 5. The maximum atomic E-state index is 13.0. The van der Waals surface area contributed by atoms with Crippen LogP contribution in [0.15, 0.2) is 34.7 Å². The van der Waals surface area contributed by atoms with Crippen molar-refractivity contribution in [2.45, 2.75) is 39.7 Å². The molecule has 1 aliphatic heterocycles. The first-order valence-corrected chi connectivity index (χ1v) is 9.79. The molecule has 9 heteroatoms. The standard InChI is InChI=1S/C20H22N2O6S/c1-11(17(25)14-6-8-15(9-7-14)21-12(2)23)18(29-13(3)24)19(26)22-10-4-5-16(22)20(27)28/h6-9,16H,4-5,10H2,1-3H3,(H,21,23)(H,27,28)/b18-11+/t16-/m0/s1. The van der Waals surface area contributed by atoms with Crippen LogP contribution in [0.3, 0.4) is 0 Å². The third-order valence-corrected chi connectivity index (χ3v) is 5.36. The van der Waals surface area contributed by atoms with Gasteiger partial charge in [-0.3, -0.25) is 19.2 Å². The Labute approximate surface area is 172 Å². The number of hydrogen-bond donors (Lipinski definition) is 2. The molecule has 0 bridgehead atoms. The van der Waals surface area contributed by atoms with Crippen molar-refractivity contribution < 1.29 is 29.1 Å². The number of amides is 2. The lowest BCUT2D eigenvalue weighted by Gasteiger charge is -2.23. The zero-order valence-electron chi connectivity index (χ0n) is 16.4. The van der Waals surface area contributed by atoms with Crippen LogP contribution in [-0.4, -0.2) is 51.3 Å². The van der Waals surface area contributed by atoms with Crippen LogP contribution < -0.4 is 5.32 Å². The monoisotopic (exact) mass is 418 g/mol. The van der Waals surface area contributed by atoms with E-state index >= 15 is 0 Å². The number of carboxylic acid groups (broad SMARTS) is 1. The molecule has 29 heavy (non-hydrogen) atoms. The lowest BCUT2D eigenvalue weighted by molar-refractivity contribution is -0.146. The van der Waals surface area contributed by atoms with E-state index in [9.17, 15) is 29.1 Å². The van der Waals surface area contributed by atoms with E-state index in [4.69, 9.17) is 0 Å². The maximum Gasteiger partial charge on any atom is 0.326 e. The fraction of sp³-hybridized carbons (Fsp3) is 0.350. The molecule has 2 amide bonds. The number of nitrogens with zero attached hydrogens (tertiary/aromatic N) is 1. The Morgan fingerprint density at radius 1 is 1.07 bits per heavy atom. The van der Waals surface area contributed by atoms with Crippen LogP contribution in [0, 0.1) is 0 Å². The van der Waals surface area contributed by atoms with Crippen LogP contribution in [0.4, 0.5) is 5.69 Å². The van der Waals surface area contributed by atoms with Gasteiger partial charge < -0.3 is 15.3 Å². The van der Waals surface area contributed by atoms with Crippen molar-refractivity contribution in [3.05, 3.63) is 40.3 Å². The zero-order chi connectivity index (χ0) is 21.7. The van der Waals surface area contributed by atoms with Gasteiger partial charge in [-0.05, 0) is 55.8 Å². The first kappa shape index (κ1) is 22.4. The second-order valence-corrected chi connectivity index (χ2v) is 7.82. The third-order valence-electron chi connectivity index (χ3n) is 4.39. The molecule has 2 N–H and O–H groups in total. The summed E-state index contributed by atoms with van der Waals surface area (Å²) in [4.78, 5) is 61.2.